The van der Waals surface area contributed by atoms with Gasteiger partial charge in [-0.25, -0.2) is 0 Å². The number of ether oxygens (including phenoxy) is 1. The fourth-order valence-electron chi connectivity index (χ4n) is 2.78. The van der Waals surface area contributed by atoms with E-state index >= 15 is 0 Å². The number of amides is 1. The maximum Gasteiger partial charge on any atom is 0.226 e. The maximum atomic E-state index is 12.3. The van der Waals surface area contributed by atoms with Crippen molar-refractivity contribution in [2.45, 2.75) is 29.5 Å². The SMILES string of the molecule is COc1ccccc1SC1CC(=O)N1CC(=O)CCc1ccccc1. The van der Waals surface area contributed by atoms with Crippen molar-refractivity contribution < 1.29 is 14.3 Å². The van der Waals surface area contributed by atoms with Gasteiger partial charge < -0.3 is 9.64 Å². The van der Waals surface area contributed by atoms with Gasteiger partial charge >= 0.3 is 0 Å². The number of thioether (sulfide) groups is 1. The van der Waals surface area contributed by atoms with E-state index in [2.05, 4.69) is 0 Å². The normalized spacial score (nSPS) is 16.4. The van der Waals surface area contributed by atoms with Crippen molar-refractivity contribution in [3.8, 4) is 5.75 Å². The molecule has 4 nitrogen and oxygen atoms in total. The molecule has 0 aliphatic carbocycles. The molecule has 0 radical (unpaired) electrons. The van der Waals surface area contributed by atoms with E-state index in [1.54, 1.807) is 23.8 Å². The number of likely N-dealkylation sites (tertiary alicyclic amines) is 1. The highest BCUT2D eigenvalue weighted by molar-refractivity contribution is 8.00. The second-order valence-electron chi connectivity index (χ2n) is 5.97. The molecule has 1 atom stereocenters. The van der Waals surface area contributed by atoms with Gasteiger partial charge in [0, 0.05) is 6.42 Å². The Bertz CT molecular complexity index is 748. The summed E-state index contributed by atoms with van der Waals surface area (Å²) in [7, 11) is 1.64. The van der Waals surface area contributed by atoms with Crippen molar-refractivity contribution in [1.82, 2.24) is 4.90 Å². The van der Waals surface area contributed by atoms with Crippen LogP contribution in [0.3, 0.4) is 0 Å². The van der Waals surface area contributed by atoms with Gasteiger partial charge in [-0.1, -0.05) is 54.2 Å². The summed E-state index contributed by atoms with van der Waals surface area (Å²) in [5, 5.41) is 0.00414. The lowest BCUT2D eigenvalue weighted by Crippen LogP contribution is -2.52. The second kappa shape index (κ2) is 8.21. The van der Waals surface area contributed by atoms with Crippen LogP contribution in [0.1, 0.15) is 18.4 Å². The van der Waals surface area contributed by atoms with Crippen LogP contribution in [0.4, 0.5) is 0 Å². The van der Waals surface area contributed by atoms with Gasteiger partial charge in [0.25, 0.3) is 0 Å². The number of hydrogen-bond acceptors (Lipinski definition) is 4. The summed E-state index contributed by atoms with van der Waals surface area (Å²) in [5.41, 5.74) is 1.14. The van der Waals surface area contributed by atoms with Crippen LogP contribution in [0, 0.1) is 0 Å². The Balaban J connectivity index is 1.54. The van der Waals surface area contributed by atoms with Crippen molar-refractivity contribution in [3.63, 3.8) is 0 Å². The van der Waals surface area contributed by atoms with E-state index in [9.17, 15) is 9.59 Å². The van der Waals surface area contributed by atoms with Crippen molar-refractivity contribution in [2.75, 3.05) is 13.7 Å². The van der Waals surface area contributed by atoms with Crippen LogP contribution in [0.5, 0.6) is 5.75 Å². The number of benzene rings is 2. The summed E-state index contributed by atoms with van der Waals surface area (Å²) >= 11 is 1.58. The quantitative estimate of drug-likeness (QED) is 0.680. The molecule has 2 aromatic carbocycles. The van der Waals surface area contributed by atoms with E-state index in [-0.39, 0.29) is 23.6 Å². The average molecular weight is 355 g/mol. The zero-order chi connectivity index (χ0) is 17.6. The molecule has 0 aromatic heterocycles. The Morgan fingerprint density at radius 1 is 1.16 bits per heavy atom. The standard InChI is InChI=1S/C20H21NO3S/c1-24-17-9-5-6-10-18(17)25-20-13-19(23)21(20)14-16(22)12-11-15-7-3-2-4-8-15/h2-10,20H,11-14H2,1H3. The zero-order valence-corrected chi connectivity index (χ0v) is 15.0. The highest BCUT2D eigenvalue weighted by Crippen LogP contribution is 2.39. The molecular formula is C20H21NO3S. The first kappa shape index (κ1) is 17.5. The van der Waals surface area contributed by atoms with Crippen LogP contribution in [-0.2, 0) is 16.0 Å². The molecule has 1 saturated heterocycles. The highest BCUT2D eigenvalue weighted by atomic mass is 32.2. The number of carbonyl (C=O) groups is 2. The Kier molecular flexibility index (Phi) is 5.76. The van der Waals surface area contributed by atoms with Crippen LogP contribution in [-0.4, -0.2) is 35.6 Å². The Labute approximate surface area is 152 Å². The Morgan fingerprint density at radius 3 is 2.60 bits per heavy atom. The molecule has 1 aliphatic heterocycles. The number of carbonyl (C=O) groups excluding carboxylic acids is 2. The Hall–Kier alpha value is -2.27. The number of aryl methyl sites for hydroxylation is 1. The molecule has 0 bridgehead atoms. The van der Waals surface area contributed by atoms with Crippen LogP contribution >= 0.6 is 11.8 Å². The summed E-state index contributed by atoms with van der Waals surface area (Å²) < 4.78 is 5.35. The predicted molar refractivity (Wildman–Crippen MR) is 98.7 cm³/mol. The second-order valence-corrected chi connectivity index (χ2v) is 7.19. The van der Waals surface area contributed by atoms with E-state index in [1.807, 2.05) is 54.6 Å². The van der Waals surface area contributed by atoms with Gasteiger partial charge in [0.1, 0.15) is 5.75 Å². The molecule has 5 heteroatoms. The minimum atomic E-state index is 0.00414. The van der Waals surface area contributed by atoms with Crippen LogP contribution < -0.4 is 4.74 Å². The zero-order valence-electron chi connectivity index (χ0n) is 14.2. The minimum absolute atomic E-state index is 0.00414. The van der Waals surface area contributed by atoms with Gasteiger partial charge in [0.15, 0.2) is 5.78 Å². The highest BCUT2D eigenvalue weighted by Gasteiger charge is 2.38. The fourth-order valence-corrected chi connectivity index (χ4v) is 4.04. The first-order valence-corrected chi connectivity index (χ1v) is 9.20. The van der Waals surface area contributed by atoms with Gasteiger partial charge in [0.05, 0.1) is 30.3 Å². The first-order valence-electron chi connectivity index (χ1n) is 8.32. The van der Waals surface area contributed by atoms with Crippen LogP contribution in [0.15, 0.2) is 59.5 Å². The van der Waals surface area contributed by atoms with Crippen LogP contribution in [0.2, 0.25) is 0 Å². The minimum Gasteiger partial charge on any atom is -0.496 e. The lowest BCUT2D eigenvalue weighted by Gasteiger charge is -2.39. The van der Waals surface area contributed by atoms with E-state index in [4.69, 9.17) is 4.74 Å². The number of β-lactam (4-membered cyclic amide) rings is 1. The lowest BCUT2D eigenvalue weighted by atomic mass is 10.1. The summed E-state index contributed by atoms with van der Waals surface area (Å²) in [6, 6.07) is 17.7. The van der Waals surface area contributed by atoms with Gasteiger partial charge in [-0.15, -0.1) is 0 Å². The third-order valence-corrected chi connectivity index (χ3v) is 5.52. The van der Waals surface area contributed by atoms with Gasteiger partial charge in [-0.05, 0) is 24.1 Å². The number of ketones is 1. The van der Waals surface area contributed by atoms with E-state index in [0.717, 1.165) is 16.2 Å². The predicted octanol–water partition coefficient (Wildman–Crippen LogP) is 3.55. The van der Waals surface area contributed by atoms with E-state index in [0.29, 0.717) is 19.3 Å². The molecule has 1 aliphatic rings. The molecule has 2 aromatic rings. The summed E-state index contributed by atoms with van der Waals surface area (Å²) in [5.74, 6) is 0.935. The van der Waals surface area contributed by atoms with Crippen molar-refractivity contribution in [3.05, 3.63) is 60.2 Å². The third-order valence-electron chi connectivity index (χ3n) is 4.23. The number of Topliss-reactive ketones (excluding diaryl/α,β-unsaturated/α-hetero) is 1. The summed E-state index contributed by atoms with van der Waals surface area (Å²) in [6.07, 6.45) is 1.64. The molecule has 1 unspecified atom stereocenters. The molecule has 3 rings (SSSR count). The Morgan fingerprint density at radius 2 is 1.88 bits per heavy atom. The largest absolute Gasteiger partial charge is 0.496 e. The molecule has 0 spiro atoms. The van der Waals surface area contributed by atoms with Gasteiger partial charge in [-0.3, -0.25) is 9.59 Å². The number of rotatable bonds is 8. The number of nitrogens with zero attached hydrogens (tertiary/aromatic N) is 1. The number of hydrogen-bond donors (Lipinski definition) is 0. The topological polar surface area (TPSA) is 46.6 Å². The molecule has 1 fully saturated rings. The van der Waals surface area contributed by atoms with Gasteiger partial charge in [-0.2, -0.15) is 0 Å². The van der Waals surface area contributed by atoms with Crippen molar-refractivity contribution in [2.24, 2.45) is 0 Å². The smallest absolute Gasteiger partial charge is 0.226 e. The summed E-state index contributed by atoms with van der Waals surface area (Å²) in [4.78, 5) is 26.8. The van der Waals surface area contributed by atoms with Crippen molar-refractivity contribution >= 4 is 23.5 Å². The van der Waals surface area contributed by atoms with E-state index < -0.39 is 0 Å². The average Bonchev–Trinajstić information content (AvgIpc) is 2.65. The molecule has 130 valence electrons. The van der Waals surface area contributed by atoms with Gasteiger partial charge in [0.2, 0.25) is 5.91 Å². The summed E-state index contributed by atoms with van der Waals surface area (Å²) in [6.45, 7) is 0.193. The first-order chi connectivity index (χ1) is 12.2. The molecule has 0 saturated carbocycles. The number of methoxy groups -OCH3 is 1. The molecular weight excluding hydrogens is 334 g/mol. The monoisotopic (exact) mass is 355 g/mol. The molecule has 25 heavy (non-hydrogen) atoms. The van der Waals surface area contributed by atoms with Crippen LogP contribution in [0.25, 0.3) is 0 Å². The maximum absolute atomic E-state index is 12.3. The lowest BCUT2D eigenvalue weighted by molar-refractivity contribution is -0.144. The van der Waals surface area contributed by atoms with E-state index in [1.165, 1.54) is 0 Å². The molecule has 1 heterocycles. The fraction of sp³-hybridized carbons (Fsp3) is 0.300. The third kappa shape index (κ3) is 4.42. The molecule has 0 N–H and O–H groups in total. The van der Waals surface area contributed by atoms with Crippen molar-refractivity contribution in [1.29, 1.82) is 0 Å². The molecule has 1 amide bonds. The number of para-hydroxylation sites is 1.